The van der Waals surface area contributed by atoms with Gasteiger partial charge < -0.3 is 14.8 Å². The minimum absolute atomic E-state index is 0.108. The number of benzene rings is 2. The Kier molecular flexibility index (Phi) is 3.76. The molecule has 1 aliphatic heterocycles. The Morgan fingerprint density at radius 2 is 1.95 bits per heavy atom. The number of fused-ring (bicyclic) bond motifs is 1. The van der Waals surface area contributed by atoms with E-state index in [-0.39, 0.29) is 12.8 Å². The van der Waals surface area contributed by atoms with Crippen molar-refractivity contribution in [3.05, 3.63) is 51.5 Å². The lowest BCUT2D eigenvalue weighted by atomic mass is 10.1. The second-order valence-corrected chi connectivity index (χ2v) is 5.93. The van der Waals surface area contributed by atoms with Crippen molar-refractivity contribution in [2.45, 2.75) is 13.0 Å². The Morgan fingerprint density at radius 1 is 1.15 bits per heavy atom. The first-order valence-corrected chi connectivity index (χ1v) is 7.42. The molecule has 1 aliphatic rings. The van der Waals surface area contributed by atoms with E-state index >= 15 is 0 Å². The SMILES string of the molecule is CC(Nc1cc(Br)ccc1Cl)c1ccc2c(c1)OCO2. The molecule has 0 radical (unpaired) electrons. The van der Waals surface area contributed by atoms with Crippen LogP contribution in [-0.2, 0) is 0 Å². The maximum absolute atomic E-state index is 6.19. The lowest BCUT2D eigenvalue weighted by molar-refractivity contribution is 0.174. The summed E-state index contributed by atoms with van der Waals surface area (Å²) in [7, 11) is 0. The van der Waals surface area contributed by atoms with Crippen LogP contribution in [0, 0.1) is 0 Å². The van der Waals surface area contributed by atoms with Crippen LogP contribution in [0.2, 0.25) is 5.02 Å². The summed E-state index contributed by atoms with van der Waals surface area (Å²) < 4.78 is 11.7. The molecule has 0 amide bonds. The molecule has 0 bridgehead atoms. The van der Waals surface area contributed by atoms with Gasteiger partial charge in [0.15, 0.2) is 11.5 Å². The Bertz CT molecular complexity index is 648. The number of halogens is 2. The molecule has 1 unspecified atom stereocenters. The van der Waals surface area contributed by atoms with Crippen molar-refractivity contribution < 1.29 is 9.47 Å². The van der Waals surface area contributed by atoms with Gasteiger partial charge in [-0.2, -0.15) is 0 Å². The second kappa shape index (κ2) is 5.54. The van der Waals surface area contributed by atoms with E-state index < -0.39 is 0 Å². The number of nitrogens with one attached hydrogen (secondary N) is 1. The van der Waals surface area contributed by atoms with Crippen molar-refractivity contribution in [1.82, 2.24) is 0 Å². The average Bonchev–Trinajstić information content (AvgIpc) is 2.90. The van der Waals surface area contributed by atoms with Gasteiger partial charge in [-0.3, -0.25) is 0 Å². The van der Waals surface area contributed by atoms with Gasteiger partial charge >= 0.3 is 0 Å². The highest BCUT2D eigenvalue weighted by Gasteiger charge is 2.16. The highest BCUT2D eigenvalue weighted by Crippen LogP contribution is 2.35. The monoisotopic (exact) mass is 353 g/mol. The maximum Gasteiger partial charge on any atom is 0.231 e. The molecule has 2 aromatic carbocycles. The van der Waals surface area contributed by atoms with Crippen LogP contribution in [0.25, 0.3) is 0 Å². The summed E-state index contributed by atoms with van der Waals surface area (Å²) in [5.74, 6) is 1.58. The first-order chi connectivity index (χ1) is 9.63. The van der Waals surface area contributed by atoms with Gasteiger partial charge in [-0.1, -0.05) is 33.6 Å². The van der Waals surface area contributed by atoms with Gasteiger partial charge in [-0.25, -0.2) is 0 Å². The van der Waals surface area contributed by atoms with Crippen molar-refractivity contribution in [3.63, 3.8) is 0 Å². The highest BCUT2D eigenvalue weighted by molar-refractivity contribution is 9.10. The van der Waals surface area contributed by atoms with Gasteiger partial charge in [-0.15, -0.1) is 0 Å². The van der Waals surface area contributed by atoms with Gasteiger partial charge in [0.1, 0.15) is 0 Å². The predicted molar refractivity (Wildman–Crippen MR) is 83.8 cm³/mol. The maximum atomic E-state index is 6.19. The van der Waals surface area contributed by atoms with Crippen LogP contribution in [0.1, 0.15) is 18.5 Å². The number of hydrogen-bond donors (Lipinski definition) is 1. The molecule has 3 nitrogen and oxygen atoms in total. The van der Waals surface area contributed by atoms with E-state index in [4.69, 9.17) is 21.1 Å². The minimum Gasteiger partial charge on any atom is -0.454 e. The van der Waals surface area contributed by atoms with E-state index in [1.54, 1.807) is 0 Å². The van der Waals surface area contributed by atoms with E-state index in [1.165, 1.54) is 0 Å². The summed E-state index contributed by atoms with van der Waals surface area (Å²) in [6, 6.07) is 11.8. The van der Waals surface area contributed by atoms with E-state index in [2.05, 4.69) is 28.2 Å². The zero-order chi connectivity index (χ0) is 14.1. The Balaban J connectivity index is 1.82. The number of hydrogen-bond acceptors (Lipinski definition) is 3. The second-order valence-electron chi connectivity index (χ2n) is 4.60. The van der Waals surface area contributed by atoms with Crippen molar-refractivity contribution >= 4 is 33.2 Å². The molecule has 0 saturated heterocycles. The van der Waals surface area contributed by atoms with E-state index in [9.17, 15) is 0 Å². The smallest absolute Gasteiger partial charge is 0.231 e. The van der Waals surface area contributed by atoms with E-state index in [1.807, 2.05) is 36.4 Å². The summed E-state index contributed by atoms with van der Waals surface area (Å²) >= 11 is 9.64. The fourth-order valence-electron chi connectivity index (χ4n) is 2.11. The molecule has 1 N–H and O–H groups in total. The first-order valence-electron chi connectivity index (χ1n) is 6.24. The molecule has 104 valence electrons. The Morgan fingerprint density at radius 3 is 2.80 bits per heavy atom. The molecule has 20 heavy (non-hydrogen) atoms. The summed E-state index contributed by atoms with van der Waals surface area (Å²) in [5.41, 5.74) is 2.01. The average molecular weight is 355 g/mol. The summed E-state index contributed by atoms with van der Waals surface area (Å²) in [6.07, 6.45) is 0. The zero-order valence-corrected chi connectivity index (χ0v) is 13.2. The van der Waals surface area contributed by atoms with Crippen molar-refractivity contribution in [1.29, 1.82) is 0 Å². The van der Waals surface area contributed by atoms with Crippen LogP contribution in [0.15, 0.2) is 40.9 Å². The Labute approximate surface area is 131 Å². The molecule has 0 aromatic heterocycles. The van der Waals surface area contributed by atoms with Crippen LogP contribution in [0.5, 0.6) is 11.5 Å². The number of ether oxygens (including phenoxy) is 2. The fraction of sp³-hybridized carbons (Fsp3) is 0.200. The highest BCUT2D eigenvalue weighted by atomic mass is 79.9. The third-order valence-corrected chi connectivity index (χ3v) is 4.02. The van der Waals surface area contributed by atoms with Gasteiger partial charge in [0.25, 0.3) is 0 Å². The lowest BCUT2D eigenvalue weighted by Crippen LogP contribution is -2.07. The number of anilines is 1. The predicted octanol–water partition coefficient (Wildman–Crippen LogP) is 5.00. The van der Waals surface area contributed by atoms with Gasteiger partial charge in [0, 0.05) is 10.5 Å². The van der Waals surface area contributed by atoms with Crippen molar-refractivity contribution in [3.8, 4) is 11.5 Å². The fourth-order valence-corrected chi connectivity index (χ4v) is 2.64. The number of rotatable bonds is 3. The third-order valence-electron chi connectivity index (χ3n) is 3.20. The summed E-state index contributed by atoms with van der Waals surface area (Å²) in [4.78, 5) is 0. The topological polar surface area (TPSA) is 30.5 Å². The van der Waals surface area contributed by atoms with Gasteiger partial charge in [0.2, 0.25) is 6.79 Å². The van der Waals surface area contributed by atoms with Crippen LogP contribution in [0.4, 0.5) is 5.69 Å². The minimum atomic E-state index is 0.108. The van der Waals surface area contributed by atoms with Crippen LogP contribution >= 0.6 is 27.5 Å². The van der Waals surface area contributed by atoms with Gasteiger partial charge in [-0.05, 0) is 42.8 Å². The van der Waals surface area contributed by atoms with E-state index in [0.29, 0.717) is 5.02 Å². The summed E-state index contributed by atoms with van der Waals surface area (Å²) in [6.45, 7) is 2.37. The lowest BCUT2D eigenvalue weighted by Gasteiger charge is -2.17. The van der Waals surface area contributed by atoms with Gasteiger partial charge in [0.05, 0.1) is 10.7 Å². The van der Waals surface area contributed by atoms with Crippen molar-refractivity contribution in [2.75, 3.05) is 12.1 Å². The molecule has 2 aromatic rings. The summed E-state index contributed by atoms with van der Waals surface area (Å²) in [5, 5.41) is 4.10. The van der Waals surface area contributed by atoms with Crippen LogP contribution in [0.3, 0.4) is 0 Å². The largest absolute Gasteiger partial charge is 0.454 e. The normalized spacial score (nSPS) is 14.2. The molecule has 1 atom stereocenters. The molecule has 0 saturated carbocycles. The quantitative estimate of drug-likeness (QED) is 0.841. The molecule has 0 fully saturated rings. The molecule has 0 aliphatic carbocycles. The molecular weight excluding hydrogens is 342 g/mol. The first kappa shape index (κ1) is 13.6. The zero-order valence-electron chi connectivity index (χ0n) is 10.8. The van der Waals surface area contributed by atoms with Crippen LogP contribution in [-0.4, -0.2) is 6.79 Å². The Hall–Kier alpha value is -1.39. The molecule has 0 spiro atoms. The molecule has 5 heteroatoms. The van der Waals surface area contributed by atoms with Crippen molar-refractivity contribution in [2.24, 2.45) is 0 Å². The standard InChI is InChI=1S/C15H13BrClNO2/c1-9(18-13-7-11(16)3-4-12(13)17)10-2-5-14-15(6-10)20-8-19-14/h2-7,9,18H,8H2,1H3. The van der Waals surface area contributed by atoms with E-state index in [0.717, 1.165) is 27.2 Å². The van der Waals surface area contributed by atoms with Crippen LogP contribution < -0.4 is 14.8 Å². The molecular formula is C15H13BrClNO2. The molecule has 3 rings (SSSR count). The third kappa shape index (κ3) is 2.72. The molecule has 1 heterocycles.